The standard InChI is InChI=1S/C20H20ClN3/c1-3-5-12-23-13-8-9-16(15-23)19-17-10-7-11-18(21)20(17)24(22-19)14-6-4-2/h7,9-11H,8,12-15H2,1-2H3. The van der Waals surface area contributed by atoms with Crippen LogP contribution in [0.25, 0.3) is 16.5 Å². The minimum absolute atomic E-state index is 0.551. The Balaban J connectivity index is 2.02. The first-order valence-corrected chi connectivity index (χ1v) is 8.48. The van der Waals surface area contributed by atoms with Crippen LogP contribution in [-0.4, -0.2) is 34.3 Å². The summed E-state index contributed by atoms with van der Waals surface area (Å²) >= 11 is 6.43. The number of aromatic nitrogens is 2. The number of halogens is 1. The number of hydrogen-bond acceptors (Lipinski definition) is 2. The third-order valence-corrected chi connectivity index (χ3v) is 4.44. The van der Waals surface area contributed by atoms with Crippen molar-refractivity contribution < 1.29 is 0 Å². The Morgan fingerprint density at radius 3 is 2.75 bits per heavy atom. The normalized spacial score (nSPS) is 14.5. The Morgan fingerprint density at radius 1 is 1.17 bits per heavy atom. The van der Waals surface area contributed by atoms with Crippen molar-refractivity contribution in [3.05, 3.63) is 35.0 Å². The molecule has 0 atom stereocenters. The maximum Gasteiger partial charge on any atom is 0.102 e. The predicted octanol–water partition coefficient (Wildman–Crippen LogP) is 3.83. The second kappa shape index (κ2) is 7.58. The lowest BCUT2D eigenvalue weighted by Gasteiger charge is -2.24. The molecule has 0 N–H and O–H groups in total. The molecule has 0 aliphatic carbocycles. The Kier molecular flexibility index (Phi) is 5.26. The second-order valence-corrected chi connectivity index (χ2v) is 6.13. The van der Waals surface area contributed by atoms with Gasteiger partial charge in [0.25, 0.3) is 0 Å². The summed E-state index contributed by atoms with van der Waals surface area (Å²) in [7, 11) is 0. The molecule has 0 fully saturated rings. The third kappa shape index (κ3) is 3.34. The van der Waals surface area contributed by atoms with Crippen molar-refractivity contribution in [3.8, 4) is 23.7 Å². The maximum absolute atomic E-state index is 6.43. The fourth-order valence-corrected chi connectivity index (χ4v) is 3.27. The van der Waals surface area contributed by atoms with E-state index < -0.39 is 0 Å². The molecular weight excluding hydrogens is 318 g/mol. The molecule has 24 heavy (non-hydrogen) atoms. The number of nitrogens with zero attached hydrogens (tertiary/aromatic N) is 3. The fraction of sp³-hybridized carbons (Fsp3) is 0.350. The van der Waals surface area contributed by atoms with Crippen molar-refractivity contribution in [1.29, 1.82) is 0 Å². The molecule has 0 saturated heterocycles. The van der Waals surface area contributed by atoms with Gasteiger partial charge in [0.2, 0.25) is 0 Å². The van der Waals surface area contributed by atoms with E-state index in [1.807, 2.05) is 30.7 Å². The van der Waals surface area contributed by atoms with Crippen LogP contribution in [0.4, 0.5) is 0 Å². The highest BCUT2D eigenvalue weighted by atomic mass is 35.5. The van der Waals surface area contributed by atoms with Crippen LogP contribution in [0.1, 0.15) is 26.0 Å². The molecule has 1 aromatic carbocycles. The van der Waals surface area contributed by atoms with Crippen LogP contribution in [0.2, 0.25) is 5.02 Å². The zero-order valence-corrected chi connectivity index (χ0v) is 14.8. The smallest absolute Gasteiger partial charge is 0.102 e. The summed E-state index contributed by atoms with van der Waals surface area (Å²) in [5, 5.41) is 6.63. The molecule has 0 bridgehead atoms. The summed E-state index contributed by atoms with van der Waals surface area (Å²) < 4.78 is 1.91. The Bertz CT molecular complexity index is 900. The van der Waals surface area contributed by atoms with Crippen molar-refractivity contribution in [2.45, 2.75) is 26.8 Å². The first kappa shape index (κ1) is 16.7. The first-order valence-electron chi connectivity index (χ1n) is 8.10. The van der Waals surface area contributed by atoms with Gasteiger partial charge in [-0.25, -0.2) is 0 Å². The molecule has 2 heterocycles. The summed E-state index contributed by atoms with van der Waals surface area (Å²) in [6.07, 6.45) is 3.30. The van der Waals surface area contributed by atoms with Gasteiger partial charge < -0.3 is 0 Å². The van der Waals surface area contributed by atoms with E-state index in [1.54, 1.807) is 0 Å². The molecular formula is C20H20ClN3. The zero-order valence-electron chi connectivity index (χ0n) is 14.1. The van der Waals surface area contributed by atoms with Gasteiger partial charge in [-0.1, -0.05) is 41.7 Å². The van der Waals surface area contributed by atoms with Crippen molar-refractivity contribution in [1.82, 2.24) is 14.7 Å². The van der Waals surface area contributed by atoms with Crippen molar-refractivity contribution >= 4 is 28.1 Å². The molecule has 3 nitrogen and oxygen atoms in total. The molecule has 0 spiro atoms. The summed E-state index contributed by atoms with van der Waals surface area (Å²) in [6, 6.07) is 5.98. The van der Waals surface area contributed by atoms with E-state index in [4.69, 9.17) is 16.7 Å². The third-order valence-electron chi connectivity index (χ3n) is 4.14. The SMILES string of the molecule is CC#CCN1CCC=C(c2nn(CC#CC)c3c(Cl)cccc23)C1. The van der Waals surface area contributed by atoms with Gasteiger partial charge >= 0.3 is 0 Å². The number of rotatable bonds is 3. The Hall–Kier alpha value is -2.20. The lowest BCUT2D eigenvalue weighted by molar-refractivity contribution is 0.342. The molecule has 0 radical (unpaired) electrons. The highest BCUT2D eigenvalue weighted by Gasteiger charge is 2.20. The van der Waals surface area contributed by atoms with Gasteiger partial charge in [0, 0.05) is 18.5 Å². The van der Waals surface area contributed by atoms with Crippen molar-refractivity contribution in [3.63, 3.8) is 0 Å². The molecule has 1 aliphatic heterocycles. The van der Waals surface area contributed by atoms with Crippen LogP contribution in [0.3, 0.4) is 0 Å². The lowest BCUT2D eigenvalue weighted by atomic mass is 10.0. The van der Waals surface area contributed by atoms with E-state index in [-0.39, 0.29) is 0 Å². The van der Waals surface area contributed by atoms with E-state index in [9.17, 15) is 0 Å². The summed E-state index contributed by atoms with van der Waals surface area (Å²) in [6.45, 7) is 6.98. The average molecular weight is 338 g/mol. The van der Waals surface area contributed by atoms with E-state index in [0.717, 1.165) is 42.7 Å². The van der Waals surface area contributed by atoms with E-state index in [2.05, 4.69) is 40.7 Å². The summed E-state index contributed by atoms with van der Waals surface area (Å²) in [4.78, 5) is 2.35. The molecule has 1 aliphatic rings. The molecule has 3 rings (SSSR count). The predicted molar refractivity (Wildman–Crippen MR) is 101 cm³/mol. The molecule has 2 aromatic rings. The summed E-state index contributed by atoms with van der Waals surface area (Å²) in [5.74, 6) is 12.1. The molecule has 122 valence electrons. The molecule has 0 saturated carbocycles. The number of hydrogen-bond donors (Lipinski definition) is 0. The van der Waals surface area contributed by atoms with Gasteiger partial charge in [0.05, 0.1) is 22.8 Å². The maximum atomic E-state index is 6.43. The van der Waals surface area contributed by atoms with Gasteiger partial charge in [0.15, 0.2) is 0 Å². The minimum atomic E-state index is 0.551. The number of para-hydroxylation sites is 1. The lowest BCUT2D eigenvalue weighted by Crippen LogP contribution is -2.30. The fourth-order valence-electron chi connectivity index (χ4n) is 3.00. The number of fused-ring (bicyclic) bond motifs is 1. The van der Waals surface area contributed by atoms with Gasteiger partial charge in [-0.3, -0.25) is 9.58 Å². The van der Waals surface area contributed by atoms with Crippen LogP contribution in [0.5, 0.6) is 0 Å². The van der Waals surface area contributed by atoms with E-state index >= 15 is 0 Å². The van der Waals surface area contributed by atoms with Crippen LogP contribution < -0.4 is 0 Å². The first-order chi connectivity index (χ1) is 11.7. The summed E-state index contributed by atoms with van der Waals surface area (Å²) in [5.41, 5.74) is 3.22. The van der Waals surface area contributed by atoms with Crippen LogP contribution in [-0.2, 0) is 6.54 Å². The second-order valence-electron chi connectivity index (χ2n) is 5.72. The Morgan fingerprint density at radius 2 is 1.96 bits per heavy atom. The highest BCUT2D eigenvalue weighted by Crippen LogP contribution is 2.31. The van der Waals surface area contributed by atoms with Crippen molar-refractivity contribution in [2.24, 2.45) is 0 Å². The van der Waals surface area contributed by atoms with E-state index in [0.29, 0.717) is 11.6 Å². The quantitative estimate of drug-likeness (QED) is 0.794. The largest absolute Gasteiger partial charge is 0.288 e. The van der Waals surface area contributed by atoms with Crippen molar-refractivity contribution in [2.75, 3.05) is 19.6 Å². The molecule has 4 heteroatoms. The number of benzene rings is 1. The molecule has 1 aromatic heterocycles. The Labute approximate surface area is 148 Å². The van der Waals surface area contributed by atoms with Crippen LogP contribution in [0.15, 0.2) is 24.3 Å². The van der Waals surface area contributed by atoms with Crippen LogP contribution >= 0.6 is 11.6 Å². The average Bonchev–Trinajstić information content (AvgIpc) is 2.98. The van der Waals surface area contributed by atoms with Gasteiger partial charge in [-0.05, 0) is 31.9 Å². The minimum Gasteiger partial charge on any atom is -0.288 e. The van der Waals surface area contributed by atoms with Gasteiger partial charge in [-0.2, -0.15) is 5.10 Å². The monoisotopic (exact) mass is 337 g/mol. The molecule has 0 unspecified atom stereocenters. The van der Waals surface area contributed by atoms with Gasteiger partial charge in [-0.15, -0.1) is 11.8 Å². The van der Waals surface area contributed by atoms with Crippen LogP contribution in [0, 0.1) is 23.7 Å². The topological polar surface area (TPSA) is 21.1 Å². The molecule has 0 amide bonds. The zero-order chi connectivity index (χ0) is 16.9. The van der Waals surface area contributed by atoms with Gasteiger partial charge in [0.1, 0.15) is 6.54 Å². The van der Waals surface area contributed by atoms with E-state index in [1.165, 1.54) is 5.57 Å². The highest BCUT2D eigenvalue weighted by molar-refractivity contribution is 6.35.